The summed E-state index contributed by atoms with van der Waals surface area (Å²) in [4.78, 5) is 19.1. The Labute approximate surface area is 398 Å². The van der Waals surface area contributed by atoms with Crippen LogP contribution in [0.4, 0.5) is 0 Å². The number of fused-ring (bicyclic) bond motifs is 7. The van der Waals surface area contributed by atoms with Gasteiger partial charge in [0.05, 0.1) is 41.4 Å². The van der Waals surface area contributed by atoms with Crippen molar-refractivity contribution >= 4 is 68.6 Å². The van der Waals surface area contributed by atoms with Gasteiger partial charge >= 0.3 is 0 Å². The maximum Gasteiger partial charge on any atom is 0.229 e. The first-order valence-electron chi connectivity index (χ1n) is 23.3. The normalized spacial score (nSPS) is 12.7. The molecule has 6 heterocycles. The number of hydrogen-bond acceptors (Lipinski definition) is 6. The van der Waals surface area contributed by atoms with Gasteiger partial charge in [-0.2, -0.15) is 0 Å². The molecular weight excluding hydrogens is 995 g/mol. The van der Waals surface area contributed by atoms with Crippen LogP contribution in [0.15, 0.2) is 148 Å². The third-order valence-corrected chi connectivity index (χ3v) is 13.9. The average molecular weight is 1050 g/mol. The van der Waals surface area contributed by atoms with E-state index in [0.29, 0.717) is 33.2 Å². The van der Waals surface area contributed by atoms with Crippen molar-refractivity contribution < 1.29 is 33.1 Å². The van der Waals surface area contributed by atoms with Crippen LogP contribution in [-0.4, -0.2) is 32.6 Å². The van der Waals surface area contributed by atoms with Crippen molar-refractivity contribution in [1.82, 2.24) is 24.5 Å². The van der Waals surface area contributed by atoms with E-state index in [-0.39, 0.29) is 43.3 Å². The number of imidazole rings is 1. The Morgan fingerprint density at radius 2 is 1.38 bits per heavy atom. The molecule has 0 atom stereocenters. The number of aryl methyl sites for hydroxylation is 1. The zero-order chi connectivity index (χ0) is 46.8. The first-order chi connectivity index (χ1) is 32.1. The molecule has 5 aromatic carbocycles. The van der Waals surface area contributed by atoms with Gasteiger partial charge < -0.3 is 18.4 Å². The van der Waals surface area contributed by atoms with E-state index in [1.165, 1.54) is 33.5 Å². The fraction of sp³-hybridized carbons (Fsp3) is 0.179. The second kappa shape index (κ2) is 17.5. The van der Waals surface area contributed by atoms with Crippen molar-refractivity contribution in [1.29, 1.82) is 0 Å². The molecule has 0 N–H and O–H groups in total. The molecule has 7 nitrogen and oxygen atoms in total. The van der Waals surface area contributed by atoms with E-state index >= 15 is 0 Å². The van der Waals surface area contributed by atoms with Gasteiger partial charge in [-0.05, 0) is 93.6 Å². The zero-order valence-electron chi connectivity index (χ0n) is 40.3. The summed E-state index contributed by atoms with van der Waals surface area (Å²) in [7, 11) is -1.23. The number of nitrogens with zero attached hydrogens (tertiary/aromatic N) is 5. The molecule has 0 aliphatic heterocycles. The average Bonchev–Trinajstić information content (AvgIpc) is 4.01. The number of para-hydroxylation sites is 2. The molecule has 65 heavy (non-hydrogen) atoms. The molecule has 0 saturated carbocycles. The second-order valence-electron chi connectivity index (χ2n) is 17.9. The molecule has 0 unspecified atom stereocenters. The third kappa shape index (κ3) is 8.14. The van der Waals surface area contributed by atoms with E-state index in [0.717, 1.165) is 44.8 Å². The molecule has 0 spiro atoms. The quantitative estimate of drug-likeness (QED) is 0.117. The zero-order valence-corrected chi connectivity index (χ0v) is 40.7. The molecule has 0 aliphatic rings. The number of pyridine rings is 3. The van der Waals surface area contributed by atoms with Crippen LogP contribution in [0.1, 0.15) is 60.5 Å². The maximum absolute atomic E-state index is 7.76. The standard InChI is InChI=1S/C42H33N4O2.C14H16NSi.Ir/c1-23(2)31-20-27(26-12-7-6-8-13-26)21-32(24(3)4)39(31)46-34-17-10-9-16-33(34)44-41(46)30-15-11-14-28-37-35(47-40(28)30)22-36-38(45-37)29-19-18-25(5)43-42(29)48-36;1-16(2,3)13-9-10-14(15-11-13)12-7-5-4-6-8-12;/h6-14,16-24H,1-5H3;4-7,9-11H,1-3H3;/q2*-1;/i5D3;;. The predicted molar refractivity (Wildman–Crippen MR) is 265 cm³/mol. The Morgan fingerprint density at radius 1 is 0.662 bits per heavy atom. The summed E-state index contributed by atoms with van der Waals surface area (Å²) >= 11 is 0. The van der Waals surface area contributed by atoms with E-state index in [1.807, 2.05) is 60.8 Å². The summed E-state index contributed by atoms with van der Waals surface area (Å²) in [5, 5.41) is 2.85. The van der Waals surface area contributed by atoms with Crippen LogP contribution in [0.5, 0.6) is 0 Å². The van der Waals surface area contributed by atoms with Crippen molar-refractivity contribution in [2.45, 2.75) is 66.0 Å². The van der Waals surface area contributed by atoms with E-state index in [9.17, 15) is 0 Å². The number of benzene rings is 5. The molecule has 0 bridgehead atoms. The largest absolute Gasteiger partial charge is 0.499 e. The van der Waals surface area contributed by atoms with Crippen LogP contribution in [-0.2, 0) is 20.1 Å². The first-order valence-corrected chi connectivity index (χ1v) is 25.3. The van der Waals surface area contributed by atoms with Crippen LogP contribution < -0.4 is 5.19 Å². The molecular formula is C56H49IrN5O2Si-2. The molecule has 6 aromatic heterocycles. The van der Waals surface area contributed by atoms with Crippen molar-refractivity contribution in [3.05, 3.63) is 169 Å². The Kier molecular flexibility index (Phi) is 10.8. The number of furan rings is 2. The molecule has 11 rings (SSSR count). The van der Waals surface area contributed by atoms with Crippen molar-refractivity contribution in [2.75, 3.05) is 0 Å². The minimum atomic E-state index is -2.34. The second-order valence-corrected chi connectivity index (χ2v) is 23.0. The van der Waals surface area contributed by atoms with Gasteiger partial charge in [-0.15, -0.1) is 54.1 Å². The van der Waals surface area contributed by atoms with Crippen LogP contribution in [0.25, 0.3) is 94.8 Å². The third-order valence-electron chi connectivity index (χ3n) is 11.8. The summed E-state index contributed by atoms with van der Waals surface area (Å²) in [6.07, 6.45) is 2.02. The topological polar surface area (TPSA) is 82.8 Å². The summed E-state index contributed by atoms with van der Waals surface area (Å²) in [5.74, 6) is 1.18. The van der Waals surface area contributed by atoms with Gasteiger partial charge in [0.25, 0.3) is 0 Å². The Morgan fingerprint density at radius 3 is 2.08 bits per heavy atom. The molecule has 9 heteroatoms. The van der Waals surface area contributed by atoms with Gasteiger partial charge in [0.2, 0.25) is 5.71 Å². The Hall–Kier alpha value is -6.51. The molecule has 0 amide bonds. The minimum Gasteiger partial charge on any atom is -0.499 e. The van der Waals surface area contributed by atoms with Gasteiger partial charge in [-0.1, -0.05) is 107 Å². The summed E-state index contributed by atoms with van der Waals surface area (Å²) < 4.78 is 38.2. The Bertz CT molecular complexity index is 3590. The first kappa shape index (κ1) is 40.0. The van der Waals surface area contributed by atoms with Gasteiger partial charge in [-0.25, -0.2) is 9.97 Å². The predicted octanol–water partition coefficient (Wildman–Crippen LogP) is 14.4. The Balaban J connectivity index is 0.000000289. The summed E-state index contributed by atoms with van der Waals surface area (Å²) in [6.45, 7) is 13.6. The molecule has 0 saturated heterocycles. The summed E-state index contributed by atoms with van der Waals surface area (Å²) in [5.41, 5.74) is 13.7. The van der Waals surface area contributed by atoms with E-state index < -0.39 is 14.9 Å². The monoisotopic (exact) mass is 1050 g/mol. The fourth-order valence-corrected chi connectivity index (χ4v) is 9.50. The van der Waals surface area contributed by atoms with Crippen molar-refractivity contribution in [2.24, 2.45) is 0 Å². The van der Waals surface area contributed by atoms with Crippen molar-refractivity contribution in [3.63, 3.8) is 0 Å². The maximum atomic E-state index is 7.76. The van der Waals surface area contributed by atoms with Crippen LogP contribution in [0.2, 0.25) is 19.6 Å². The van der Waals surface area contributed by atoms with Gasteiger partial charge in [-0.3, -0.25) is 4.98 Å². The van der Waals surface area contributed by atoms with Crippen LogP contribution >= 0.6 is 0 Å². The number of hydrogen-bond donors (Lipinski definition) is 0. The minimum absolute atomic E-state index is 0. The fourth-order valence-electron chi connectivity index (χ4n) is 8.46. The number of aromatic nitrogens is 5. The SMILES string of the molecule is C[Si](C)(C)c1ccc(-c2[c-]cccc2)nc1.[2H]C([2H])([2H])c1ccc2c(n1)oc1cc3oc4c(-c5nc6ccccc6n5-c5c(C(C)C)cc(-c6ccccc6)cc5C(C)C)[c-]ccc4c3nc12.[Ir]. The van der Waals surface area contributed by atoms with E-state index in [2.05, 4.69) is 135 Å². The molecule has 0 aliphatic carbocycles. The molecule has 0 fully saturated rings. The van der Waals surface area contributed by atoms with Gasteiger partial charge in [0.1, 0.15) is 11.1 Å². The van der Waals surface area contributed by atoms with Crippen LogP contribution in [0.3, 0.4) is 0 Å². The van der Waals surface area contributed by atoms with Crippen molar-refractivity contribution in [3.8, 4) is 39.5 Å². The van der Waals surface area contributed by atoms with Gasteiger partial charge in [0.15, 0.2) is 5.58 Å². The molecule has 11 aromatic rings. The summed E-state index contributed by atoms with van der Waals surface area (Å²) in [6, 6.07) is 51.2. The van der Waals surface area contributed by atoms with E-state index in [1.54, 1.807) is 12.1 Å². The molecule has 325 valence electrons. The van der Waals surface area contributed by atoms with Gasteiger partial charge in [0, 0.05) is 47.9 Å². The number of rotatable bonds is 7. The molecule has 1 radical (unpaired) electrons. The van der Waals surface area contributed by atoms with Crippen LogP contribution in [0, 0.1) is 19.0 Å². The smallest absolute Gasteiger partial charge is 0.229 e. The van der Waals surface area contributed by atoms with E-state index in [4.69, 9.17) is 22.9 Å².